The van der Waals surface area contributed by atoms with Crippen molar-refractivity contribution in [2.45, 2.75) is 84.6 Å². The predicted molar refractivity (Wildman–Crippen MR) is 136 cm³/mol. The number of hydrogen-bond donors (Lipinski definition) is 0. The van der Waals surface area contributed by atoms with Crippen LogP contribution in [0.4, 0.5) is 8.78 Å². The summed E-state index contributed by atoms with van der Waals surface area (Å²) in [5.74, 6) is 0.262. The van der Waals surface area contributed by atoms with E-state index >= 15 is 0 Å². The molecule has 0 saturated heterocycles. The van der Waals surface area contributed by atoms with E-state index in [0.29, 0.717) is 23.8 Å². The van der Waals surface area contributed by atoms with Crippen LogP contribution in [-0.4, -0.2) is 30.2 Å². The lowest BCUT2D eigenvalue weighted by Crippen LogP contribution is -2.56. The molecule has 0 heterocycles. The highest BCUT2D eigenvalue weighted by molar-refractivity contribution is 5.41. The van der Waals surface area contributed by atoms with Gasteiger partial charge in [0.1, 0.15) is 5.83 Å². The van der Waals surface area contributed by atoms with Gasteiger partial charge < -0.3 is 0 Å². The molecule has 1 aliphatic carbocycles. The number of alkyl halides is 1. The molecule has 32 heavy (non-hydrogen) atoms. The zero-order chi connectivity index (χ0) is 24.0. The van der Waals surface area contributed by atoms with Gasteiger partial charge in [-0.15, -0.1) is 12.3 Å². The molecule has 0 N–H and O–H groups in total. The molecular weight excluding hydrogens is 400 g/mol. The second kappa shape index (κ2) is 15.2. The normalized spacial score (nSPS) is 17.3. The average molecular weight is 446 g/mol. The van der Waals surface area contributed by atoms with Gasteiger partial charge in [0.2, 0.25) is 0 Å². The van der Waals surface area contributed by atoms with Gasteiger partial charge in [-0.1, -0.05) is 65.0 Å². The van der Waals surface area contributed by atoms with Gasteiger partial charge in [-0.05, 0) is 81.5 Å². The number of allylic oxidation sites excluding steroid dienone is 7. The van der Waals surface area contributed by atoms with Crippen molar-refractivity contribution in [1.29, 1.82) is 0 Å². The van der Waals surface area contributed by atoms with Gasteiger partial charge in [0, 0.05) is 5.54 Å². The Morgan fingerprint density at radius 2 is 1.84 bits per heavy atom. The zero-order valence-corrected chi connectivity index (χ0v) is 20.9. The van der Waals surface area contributed by atoms with Crippen LogP contribution < -0.4 is 0 Å². The Kier molecular flexibility index (Phi) is 13.5. The molecule has 0 amide bonds. The van der Waals surface area contributed by atoms with E-state index in [2.05, 4.69) is 51.5 Å². The molecule has 0 fully saturated rings. The van der Waals surface area contributed by atoms with Crippen molar-refractivity contribution in [3.63, 3.8) is 0 Å². The fourth-order valence-corrected chi connectivity index (χ4v) is 5.36. The Hall–Kier alpha value is -1.70. The van der Waals surface area contributed by atoms with Crippen molar-refractivity contribution in [3.05, 3.63) is 66.2 Å². The highest BCUT2D eigenvalue weighted by Gasteiger charge is 2.42. The minimum absolute atomic E-state index is 0.179. The highest BCUT2D eigenvalue weighted by atomic mass is 19.1. The molecule has 0 bridgehead atoms. The quantitative estimate of drug-likeness (QED) is 0.160. The Morgan fingerprint density at radius 3 is 2.38 bits per heavy atom. The maximum Gasteiger partial charge on any atom is 0.131 e. The number of hydrogen-bond acceptors (Lipinski definition) is 1. The molecule has 0 radical (unpaired) electrons. The van der Waals surface area contributed by atoms with Gasteiger partial charge >= 0.3 is 0 Å². The second-order valence-electron chi connectivity index (χ2n) is 9.20. The van der Waals surface area contributed by atoms with E-state index in [1.807, 2.05) is 24.3 Å². The summed E-state index contributed by atoms with van der Waals surface area (Å²) in [5.41, 5.74) is 4.41. The lowest BCUT2D eigenvalue weighted by molar-refractivity contribution is -0.00700. The third-order valence-corrected chi connectivity index (χ3v) is 6.65. The topological polar surface area (TPSA) is 3.24 Å². The van der Waals surface area contributed by atoms with Crippen LogP contribution in [0.25, 0.3) is 0 Å². The lowest BCUT2D eigenvalue weighted by atomic mass is 9.70. The van der Waals surface area contributed by atoms with E-state index < -0.39 is 5.83 Å². The van der Waals surface area contributed by atoms with Crippen molar-refractivity contribution >= 4 is 0 Å². The van der Waals surface area contributed by atoms with Crippen LogP contribution in [0, 0.1) is 11.8 Å². The maximum absolute atomic E-state index is 14.1. The van der Waals surface area contributed by atoms with E-state index in [1.165, 1.54) is 0 Å². The number of rotatable bonds is 17. The summed E-state index contributed by atoms with van der Waals surface area (Å²) in [6.07, 6.45) is 16.9. The predicted octanol–water partition coefficient (Wildman–Crippen LogP) is 8.68. The van der Waals surface area contributed by atoms with E-state index in [-0.39, 0.29) is 12.2 Å². The second-order valence-corrected chi connectivity index (χ2v) is 9.20. The fraction of sp³-hybridized carbons (Fsp3) is 0.621. The Balaban J connectivity index is 3.34. The molecule has 2 unspecified atom stereocenters. The first-order valence-corrected chi connectivity index (χ1v) is 12.5. The van der Waals surface area contributed by atoms with Gasteiger partial charge in [0.15, 0.2) is 0 Å². The largest absolute Gasteiger partial charge is 0.297 e. The molecule has 0 aliphatic heterocycles. The van der Waals surface area contributed by atoms with Crippen molar-refractivity contribution in [2.75, 3.05) is 19.8 Å². The van der Waals surface area contributed by atoms with Gasteiger partial charge in [0.05, 0.1) is 12.2 Å². The summed E-state index contributed by atoms with van der Waals surface area (Å²) < 4.78 is 27.9. The van der Waals surface area contributed by atoms with E-state index in [0.717, 1.165) is 63.6 Å². The molecular formula is C29H45F2N. The first-order chi connectivity index (χ1) is 15.4. The summed E-state index contributed by atoms with van der Waals surface area (Å²) in [6.45, 7) is 17.9. The summed E-state index contributed by atoms with van der Waals surface area (Å²) in [5, 5.41) is 0. The van der Waals surface area contributed by atoms with E-state index in [1.54, 1.807) is 6.08 Å². The molecule has 0 saturated carbocycles. The van der Waals surface area contributed by atoms with Crippen LogP contribution in [0.5, 0.6) is 0 Å². The molecule has 0 aromatic rings. The molecule has 0 aromatic heterocycles. The zero-order valence-electron chi connectivity index (χ0n) is 20.9. The van der Waals surface area contributed by atoms with Crippen LogP contribution in [-0.2, 0) is 0 Å². The minimum atomic E-state index is -0.464. The number of nitrogens with zero attached hydrogens (tertiary/aromatic N) is 1. The van der Waals surface area contributed by atoms with Gasteiger partial charge in [-0.3, -0.25) is 9.29 Å². The number of halogens is 2. The maximum atomic E-state index is 14.1. The van der Waals surface area contributed by atoms with Gasteiger partial charge in [-0.2, -0.15) is 0 Å². The fourth-order valence-electron chi connectivity index (χ4n) is 5.36. The average Bonchev–Trinajstić information content (AvgIpc) is 2.99. The van der Waals surface area contributed by atoms with Gasteiger partial charge in [-0.25, -0.2) is 4.39 Å². The van der Waals surface area contributed by atoms with Crippen molar-refractivity contribution in [2.24, 2.45) is 11.8 Å². The first-order valence-electron chi connectivity index (χ1n) is 12.5. The standard InChI is InChI=1S/C29H45F2N/c1-7-11-16-28(10-4)29(17-18-30,32(19-8-2)20-9-3)23-24(5)21-26-14-12-13-15-27(22-26)25(6)31/h7,12-15,24,28H,1,6,8-11,16-21,23H2,2-5H3/t24?,28?,29-/m1/s1. The van der Waals surface area contributed by atoms with Crippen LogP contribution in [0.2, 0.25) is 0 Å². The van der Waals surface area contributed by atoms with Gasteiger partial charge in [0.25, 0.3) is 0 Å². The summed E-state index contributed by atoms with van der Waals surface area (Å²) >= 11 is 0. The van der Waals surface area contributed by atoms with Crippen molar-refractivity contribution < 1.29 is 8.78 Å². The molecule has 1 nitrogen and oxygen atoms in total. The third kappa shape index (κ3) is 8.34. The summed E-state index contributed by atoms with van der Waals surface area (Å²) in [4.78, 5) is 2.59. The Labute approximate surface area is 196 Å². The van der Waals surface area contributed by atoms with Crippen LogP contribution in [0.3, 0.4) is 0 Å². The minimum Gasteiger partial charge on any atom is -0.297 e. The smallest absolute Gasteiger partial charge is 0.131 e. The van der Waals surface area contributed by atoms with Crippen molar-refractivity contribution in [3.8, 4) is 0 Å². The monoisotopic (exact) mass is 445 g/mol. The summed E-state index contributed by atoms with van der Waals surface area (Å²) in [6, 6.07) is 0. The lowest BCUT2D eigenvalue weighted by Gasteiger charge is -2.50. The van der Waals surface area contributed by atoms with Crippen molar-refractivity contribution in [1.82, 2.24) is 4.90 Å². The molecule has 1 aliphatic rings. The Morgan fingerprint density at radius 1 is 1.19 bits per heavy atom. The SMILES string of the molecule is C=CCCC(CC)[C@@](CCF)(CC(C)CC1=C=C(C(=C)F)C=CC=C1)N(CCC)CCC. The first kappa shape index (κ1) is 28.3. The van der Waals surface area contributed by atoms with Crippen LogP contribution >= 0.6 is 0 Å². The molecule has 0 aromatic carbocycles. The molecule has 1 rings (SSSR count). The molecule has 3 atom stereocenters. The Bertz CT molecular complexity index is 705. The van der Waals surface area contributed by atoms with E-state index in [9.17, 15) is 8.78 Å². The molecule has 3 heteroatoms. The van der Waals surface area contributed by atoms with Crippen LogP contribution in [0.1, 0.15) is 79.1 Å². The summed E-state index contributed by atoms with van der Waals surface area (Å²) in [7, 11) is 0. The molecule has 180 valence electrons. The third-order valence-electron chi connectivity index (χ3n) is 6.65. The highest BCUT2D eigenvalue weighted by Crippen LogP contribution is 2.41. The van der Waals surface area contributed by atoms with Crippen LogP contribution in [0.15, 0.2) is 66.2 Å². The molecule has 0 spiro atoms. The van der Waals surface area contributed by atoms with E-state index in [4.69, 9.17) is 0 Å².